The van der Waals surface area contributed by atoms with Gasteiger partial charge in [-0.05, 0) is 40.7 Å². The number of fused-ring (bicyclic) bond motifs is 1. The van der Waals surface area contributed by atoms with Crippen LogP contribution in [0.15, 0.2) is 38.7 Å². The maximum absolute atomic E-state index is 12.4. The molecule has 9 heteroatoms. The SMILES string of the molecule is O=C1S/C(=C\c2cccs2)C(=O)N1Cc1nc2ccsc2c(=O)[nH]1. The number of hydrogen-bond acceptors (Lipinski definition) is 7. The largest absolute Gasteiger partial charge is 0.308 e. The molecule has 0 aliphatic carbocycles. The first kappa shape index (κ1) is 15.3. The van der Waals surface area contributed by atoms with E-state index in [1.807, 2.05) is 17.5 Å². The van der Waals surface area contributed by atoms with Crippen LogP contribution in [0.4, 0.5) is 4.79 Å². The number of thioether (sulfide) groups is 1. The number of carbonyl (C=O) groups is 2. The predicted molar refractivity (Wildman–Crippen MR) is 96.1 cm³/mol. The van der Waals surface area contributed by atoms with Gasteiger partial charge in [-0.1, -0.05) is 6.07 Å². The van der Waals surface area contributed by atoms with Gasteiger partial charge in [-0.25, -0.2) is 4.98 Å². The molecule has 120 valence electrons. The highest BCUT2D eigenvalue weighted by Gasteiger charge is 2.35. The van der Waals surface area contributed by atoms with Gasteiger partial charge >= 0.3 is 0 Å². The zero-order chi connectivity index (χ0) is 16.7. The normalized spacial score (nSPS) is 16.7. The number of aromatic amines is 1. The van der Waals surface area contributed by atoms with Crippen molar-refractivity contribution >= 4 is 61.9 Å². The average Bonchev–Trinajstić information content (AvgIpc) is 3.26. The standard InChI is InChI=1S/C15H9N3O3S3/c19-13-12-9(3-5-23-12)16-11(17-13)7-18-14(20)10(24-15(18)21)6-8-2-1-4-22-8/h1-6H,7H2,(H,16,17,19)/b10-6-. The number of amides is 2. The van der Waals surface area contributed by atoms with E-state index in [-0.39, 0.29) is 23.3 Å². The molecule has 0 bridgehead atoms. The minimum atomic E-state index is -0.369. The van der Waals surface area contributed by atoms with Crippen LogP contribution in [0.2, 0.25) is 0 Å². The number of thiophene rings is 2. The van der Waals surface area contributed by atoms with Crippen LogP contribution in [0.5, 0.6) is 0 Å². The summed E-state index contributed by atoms with van der Waals surface area (Å²) in [6.07, 6.45) is 1.70. The zero-order valence-electron chi connectivity index (χ0n) is 12.0. The summed E-state index contributed by atoms with van der Waals surface area (Å²) in [5.74, 6) is -0.0722. The Morgan fingerprint density at radius 2 is 2.04 bits per heavy atom. The van der Waals surface area contributed by atoms with Gasteiger partial charge in [0, 0.05) is 4.88 Å². The van der Waals surface area contributed by atoms with Gasteiger partial charge in [-0.2, -0.15) is 0 Å². The monoisotopic (exact) mass is 375 g/mol. The van der Waals surface area contributed by atoms with Gasteiger partial charge in [-0.3, -0.25) is 19.3 Å². The number of aromatic nitrogens is 2. The highest BCUT2D eigenvalue weighted by atomic mass is 32.2. The number of H-pyrrole nitrogens is 1. The van der Waals surface area contributed by atoms with E-state index in [0.717, 1.165) is 21.5 Å². The van der Waals surface area contributed by atoms with Gasteiger partial charge in [-0.15, -0.1) is 22.7 Å². The van der Waals surface area contributed by atoms with Gasteiger partial charge in [0.1, 0.15) is 10.5 Å². The topological polar surface area (TPSA) is 83.1 Å². The minimum absolute atomic E-state index is 0.0481. The van der Waals surface area contributed by atoms with Crippen molar-refractivity contribution in [3.8, 4) is 0 Å². The molecule has 0 unspecified atom stereocenters. The Kier molecular flexibility index (Phi) is 3.83. The molecule has 6 nitrogen and oxygen atoms in total. The second-order valence-corrected chi connectivity index (χ2v) is 7.82. The van der Waals surface area contributed by atoms with E-state index in [0.29, 0.717) is 20.9 Å². The third-order valence-electron chi connectivity index (χ3n) is 3.36. The molecule has 4 rings (SSSR count). The Bertz CT molecular complexity index is 1030. The van der Waals surface area contributed by atoms with Crippen molar-refractivity contribution < 1.29 is 9.59 Å². The van der Waals surface area contributed by atoms with Crippen molar-refractivity contribution in [3.05, 3.63) is 54.9 Å². The fourth-order valence-corrected chi connectivity index (χ4v) is 4.57. The maximum atomic E-state index is 12.4. The lowest BCUT2D eigenvalue weighted by molar-refractivity contribution is -0.123. The second kappa shape index (κ2) is 6.00. The van der Waals surface area contributed by atoms with Gasteiger partial charge < -0.3 is 4.98 Å². The van der Waals surface area contributed by atoms with E-state index in [1.54, 1.807) is 17.5 Å². The fourth-order valence-electron chi connectivity index (χ4n) is 2.29. The smallest absolute Gasteiger partial charge is 0.293 e. The quantitative estimate of drug-likeness (QED) is 0.710. The summed E-state index contributed by atoms with van der Waals surface area (Å²) in [7, 11) is 0. The molecule has 0 saturated carbocycles. The summed E-state index contributed by atoms with van der Waals surface area (Å²) in [5, 5.41) is 3.32. The summed E-state index contributed by atoms with van der Waals surface area (Å²) in [6, 6.07) is 5.50. The Labute approximate surface area is 147 Å². The van der Waals surface area contributed by atoms with Crippen LogP contribution in [0.3, 0.4) is 0 Å². The molecule has 4 heterocycles. The van der Waals surface area contributed by atoms with Crippen LogP contribution in [-0.4, -0.2) is 26.0 Å². The first-order chi connectivity index (χ1) is 11.6. The Hall–Kier alpha value is -2.23. The van der Waals surface area contributed by atoms with Crippen molar-refractivity contribution in [1.29, 1.82) is 0 Å². The van der Waals surface area contributed by atoms with E-state index in [9.17, 15) is 14.4 Å². The lowest BCUT2D eigenvalue weighted by Gasteiger charge is -2.11. The van der Waals surface area contributed by atoms with Crippen LogP contribution >= 0.6 is 34.4 Å². The molecule has 0 aromatic carbocycles. The van der Waals surface area contributed by atoms with Gasteiger partial charge in [0.2, 0.25) is 0 Å². The molecule has 0 atom stereocenters. The number of imide groups is 1. The Morgan fingerprint density at radius 3 is 2.83 bits per heavy atom. The number of hydrogen-bond donors (Lipinski definition) is 1. The molecule has 1 aliphatic rings. The van der Waals surface area contributed by atoms with Crippen LogP contribution < -0.4 is 5.56 Å². The van der Waals surface area contributed by atoms with Crippen molar-refractivity contribution in [2.75, 3.05) is 0 Å². The third kappa shape index (κ3) is 2.70. The number of rotatable bonds is 3. The number of nitrogens with zero attached hydrogens (tertiary/aromatic N) is 2. The molecular formula is C15H9N3O3S3. The van der Waals surface area contributed by atoms with Crippen molar-refractivity contribution in [1.82, 2.24) is 14.9 Å². The summed E-state index contributed by atoms with van der Waals surface area (Å²) < 4.78 is 0.533. The number of nitrogens with one attached hydrogen (secondary N) is 1. The highest BCUT2D eigenvalue weighted by Crippen LogP contribution is 2.33. The van der Waals surface area contributed by atoms with Gasteiger partial charge in [0.25, 0.3) is 16.7 Å². The summed E-state index contributed by atoms with van der Waals surface area (Å²) >= 11 is 3.69. The molecule has 0 radical (unpaired) electrons. The molecule has 3 aromatic rings. The Morgan fingerprint density at radius 1 is 1.17 bits per heavy atom. The molecule has 0 spiro atoms. The van der Waals surface area contributed by atoms with Gasteiger partial charge in [0.05, 0.1) is 17.0 Å². The predicted octanol–water partition coefficient (Wildman–Crippen LogP) is 3.28. The van der Waals surface area contributed by atoms with Crippen molar-refractivity contribution in [3.63, 3.8) is 0 Å². The maximum Gasteiger partial charge on any atom is 0.293 e. The zero-order valence-corrected chi connectivity index (χ0v) is 14.5. The lowest BCUT2D eigenvalue weighted by atomic mass is 10.3. The molecule has 2 amide bonds. The molecule has 1 aliphatic heterocycles. The van der Waals surface area contributed by atoms with Gasteiger partial charge in [0.15, 0.2) is 0 Å². The van der Waals surface area contributed by atoms with Crippen LogP contribution in [0, 0.1) is 0 Å². The van der Waals surface area contributed by atoms with E-state index >= 15 is 0 Å². The molecule has 24 heavy (non-hydrogen) atoms. The third-order valence-corrected chi connectivity index (χ3v) is 5.99. The lowest BCUT2D eigenvalue weighted by Crippen LogP contribution is -2.29. The summed E-state index contributed by atoms with van der Waals surface area (Å²) in [5.41, 5.74) is 0.311. The molecule has 1 fully saturated rings. The molecule has 1 N–H and O–H groups in total. The van der Waals surface area contributed by atoms with Crippen LogP contribution in [0.1, 0.15) is 10.7 Å². The summed E-state index contributed by atoms with van der Waals surface area (Å²) in [4.78, 5) is 45.9. The molecule has 1 saturated heterocycles. The van der Waals surface area contributed by atoms with Crippen LogP contribution in [0.25, 0.3) is 16.3 Å². The van der Waals surface area contributed by atoms with E-state index in [4.69, 9.17) is 0 Å². The van der Waals surface area contributed by atoms with Crippen molar-refractivity contribution in [2.24, 2.45) is 0 Å². The molecular weight excluding hydrogens is 366 g/mol. The van der Waals surface area contributed by atoms with E-state index in [2.05, 4.69) is 9.97 Å². The highest BCUT2D eigenvalue weighted by molar-refractivity contribution is 8.18. The van der Waals surface area contributed by atoms with E-state index in [1.165, 1.54) is 22.7 Å². The first-order valence-electron chi connectivity index (χ1n) is 6.87. The second-order valence-electron chi connectivity index (χ2n) is 4.93. The van der Waals surface area contributed by atoms with Crippen molar-refractivity contribution in [2.45, 2.75) is 6.54 Å². The van der Waals surface area contributed by atoms with Crippen LogP contribution in [-0.2, 0) is 11.3 Å². The Balaban J connectivity index is 1.63. The minimum Gasteiger partial charge on any atom is -0.308 e. The fraction of sp³-hybridized carbons (Fsp3) is 0.0667. The molecule has 3 aromatic heterocycles. The average molecular weight is 375 g/mol. The number of carbonyl (C=O) groups excluding carboxylic acids is 2. The van der Waals surface area contributed by atoms with E-state index < -0.39 is 0 Å². The summed E-state index contributed by atoms with van der Waals surface area (Å²) in [6.45, 7) is -0.0481. The first-order valence-corrected chi connectivity index (χ1v) is 9.44.